The highest BCUT2D eigenvalue weighted by atomic mass is 32.1. The summed E-state index contributed by atoms with van der Waals surface area (Å²) in [4.78, 5) is 18.1. The van der Waals surface area contributed by atoms with E-state index >= 15 is 0 Å². The molecule has 2 aromatic heterocycles. The summed E-state index contributed by atoms with van der Waals surface area (Å²) in [6.07, 6.45) is -0.399. The van der Waals surface area contributed by atoms with E-state index in [1.165, 1.54) is 0 Å². The van der Waals surface area contributed by atoms with Gasteiger partial charge in [-0.25, -0.2) is 4.79 Å². The summed E-state index contributed by atoms with van der Waals surface area (Å²) in [7, 11) is 3.79. The zero-order valence-electron chi connectivity index (χ0n) is 13.8. The molecule has 0 saturated heterocycles. The first-order chi connectivity index (χ1) is 11.6. The van der Waals surface area contributed by atoms with Crippen molar-refractivity contribution in [2.45, 2.75) is 13.1 Å². The molecule has 2 aromatic rings. The molecule has 0 bridgehead atoms. The first-order valence-corrected chi connectivity index (χ1v) is 9.18. The fourth-order valence-electron chi connectivity index (χ4n) is 1.86. The summed E-state index contributed by atoms with van der Waals surface area (Å²) in [5.41, 5.74) is 0. The molecule has 0 unspecified atom stereocenters. The number of nitrogens with zero attached hydrogens (tertiary/aromatic N) is 2. The summed E-state index contributed by atoms with van der Waals surface area (Å²) in [6, 6.07) is 7.95. The quantitative estimate of drug-likeness (QED) is 0.474. The number of carbonyl (C=O) groups is 1. The molecular weight excluding hydrogens is 348 g/mol. The molecule has 0 spiro atoms. The summed E-state index contributed by atoms with van der Waals surface area (Å²) < 4.78 is 15.6. The van der Waals surface area contributed by atoms with Crippen LogP contribution in [0.4, 0.5) is 4.79 Å². The zero-order valence-corrected chi connectivity index (χ0v) is 15.5. The van der Waals surface area contributed by atoms with Crippen molar-refractivity contribution in [3.8, 4) is 0 Å². The lowest BCUT2D eigenvalue weighted by atomic mass is 10.4. The van der Waals surface area contributed by atoms with Crippen molar-refractivity contribution in [3.05, 3.63) is 44.8 Å². The first kappa shape index (κ1) is 18.9. The van der Waals surface area contributed by atoms with Gasteiger partial charge in [-0.05, 0) is 37.0 Å². The molecule has 0 atom stereocenters. The molecule has 0 radical (unpaired) electrons. The van der Waals surface area contributed by atoms with Crippen LogP contribution in [0.3, 0.4) is 0 Å². The number of hydrogen-bond acceptors (Lipinski definition) is 7. The van der Waals surface area contributed by atoms with Crippen LogP contribution in [0.25, 0.3) is 0 Å². The molecule has 0 aromatic carbocycles. The normalized spacial score (nSPS) is 11.0. The molecule has 0 aliphatic carbocycles. The second-order valence-corrected chi connectivity index (χ2v) is 7.34. The van der Waals surface area contributed by atoms with Crippen LogP contribution >= 0.6 is 22.7 Å². The number of rotatable bonds is 10. The Labute approximate surface area is 150 Å². The van der Waals surface area contributed by atoms with Gasteiger partial charge in [-0.15, -0.1) is 22.7 Å². The largest absolute Gasteiger partial charge is 0.422 e. The van der Waals surface area contributed by atoms with Crippen LogP contribution < -0.4 is 0 Å². The van der Waals surface area contributed by atoms with Gasteiger partial charge >= 0.3 is 6.09 Å². The summed E-state index contributed by atoms with van der Waals surface area (Å²) in [5, 5.41) is 3.99. The highest BCUT2D eigenvalue weighted by molar-refractivity contribution is 7.10. The van der Waals surface area contributed by atoms with Crippen LogP contribution in [0, 0.1) is 0 Å². The fraction of sp³-hybridized carbons (Fsp3) is 0.438. The van der Waals surface area contributed by atoms with E-state index in [0.717, 1.165) is 9.75 Å². The average Bonchev–Trinajstić information content (AvgIpc) is 3.23. The molecule has 0 N–H and O–H groups in total. The van der Waals surface area contributed by atoms with Crippen LogP contribution in [-0.4, -0.2) is 50.3 Å². The Balaban J connectivity index is 1.78. The molecular formula is C16H22N2O4S2. The Bertz CT molecular complexity index is 537. The van der Waals surface area contributed by atoms with Gasteiger partial charge in [0.15, 0.2) is 13.6 Å². The molecule has 8 heteroatoms. The maximum Gasteiger partial charge on any atom is 0.412 e. The summed E-state index contributed by atoms with van der Waals surface area (Å²) in [6.45, 7) is 1.45. The van der Waals surface area contributed by atoms with E-state index in [9.17, 15) is 4.79 Å². The second-order valence-electron chi connectivity index (χ2n) is 5.28. The van der Waals surface area contributed by atoms with E-state index < -0.39 is 6.09 Å². The molecule has 0 aliphatic heterocycles. The van der Waals surface area contributed by atoms with Gasteiger partial charge < -0.3 is 14.2 Å². The van der Waals surface area contributed by atoms with E-state index in [2.05, 4.69) is 0 Å². The van der Waals surface area contributed by atoms with Crippen molar-refractivity contribution in [2.24, 2.45) is 0 Å². The maximum absolute atomic E-state index is 12.3. The van der Waals surface area contributed by atoms with Crippen molar-refractivity contribution >= 4 is 28.8 Å². The summed E-state index contributed by atoms with van der Waals surface area (Å²) in [5.74, 6) is 0. The van der Waals surface area contributed by atoms with Gasteiger partial charge in [0.1, 0.15) is 6.73 Å². The van der Waals surface area contributed by atoms with Crippen molar-refractivity contribution in [2.75, 3.05) is 34.4 Å². The van der Waals surface area contributed by atoms with Gasteiger partial charge in [0.2, 0.25) is 0 Å². The van der Waals surface area contributed by atoms with E-state index in [1.807, 2.05) is 54.0 Å². The number of amides is 1. The number of carbonyl (C=O) groups excluding carboxylic acids is 1. The van der Waals surface area contributed by atoms with Crippen LogP contribution in [-0.2, 0) is 27.3 Å². The third kappa shape index (κ3) is 6.98. The second kappa shape index (κ2) is 10.4. The molecule has 0 aliphatic rings. The monoisotopic (exact) mass is 370 g/mol. The summed E-state index contributed by atoms with van der Waals surface area (Å²) >= 11 is 3.23. The lowest BCUT2D eigenvalue weighted by Gasteiger charge is -2.21. The van der Waals surface area contributed by atoms with E-state index in [0.29, 0.717) is 19.8 Å². The maximum atomic E-state index is 12.3. The third-order valence-corrected chi connectivity index (χ3v) is 4.62. The lowest BCUT2D eigenvalue weighted by Crippen LogP contribution is -2.31. The van der Waals surface area contributed by atoms with Crippen LogP contribution in [0.1, 0.15) is 9.75 Å². The Morgan fingerprint density at radius 2 is 1.62 bits per heavy atom. The Morgan fingerprint density at radius 1 is 1.00 bits per heavy atom. The molecule has 6 nitrogen and oxygen atoms in total. The van der Waals surface area contributed by atoms with Gasteiger partial charge in [0.25, 0.3) is 0 Å². The third-order valence-electron chi connectivity index (χ3n) is 2.89. The Kier molecular flexibility index (Phi) is 8.20. The van der Waals surface area contributed by atoms with E-state index in [1.54, 1.807) is 27.6 Å². The molecule has 1 amide bonds. The number of thiophene rings is 2. The predicted octanol–water partition coefficient (Wildman–Crippen LogP) is 3.42. The van der Waals surface area contributed by atoms with Crippen molar-refractivity contribution < 1.29 is 19.0 Å². The van der Waals surface area contributed by atoms with Crippen LogP contribution in [0.15, 0.2) is 35.0 Å². The Hall–Kier alpha value is -1.45. The smallest absolute Gasteiger partial charge is 0.412 e. The topological polar surface area (TPSA) is 51.2 Å². The van der Waals surface area contributed by atoms with Gasteiger partial charge in [-0.3, -0.25) is 9.80 Å². The SMILES string of the molecule is CN(C)COCOCOC(=O)N(Cc1cccs1)Cc1cccs1. The minimum Gasteiger partial charge on any atom is -0.422 e. The predicted molar refractivity (Wildman–Crippen MR) is 94.8 cm³/mol. The molecule has 24 heavy (non-hydrogen) atoms. The molecule has 132 valence electrons. The standard InChI is InChI=1S/C16H22N2O4S2/c1-17(2)11-20-12-21-13-22-16(19)18(9-14-5-3-7-23-14)10-15-6-4-8-24-15/h3-8H,9-13H2,1-2H3. The first-order valence-electron chi connectivity index (χ1n) is 7.42. The van der Waals surface area contributed by atoms with Crippen LogP contribution in [0.5, 0.6) is 0 Å². The van der Waals surface area contributed by atoms with E-state index in [-0.39, 0.29) is 13.6 Å². The van der Waals surface area contributed by atoms with Crippen LogP contribution in [0.2, 0.25) is 0 Å². The van der Waals surface area contributed by atoms with Gasteiger partial charge in [0.05, 0.1) is 13.1 Å². The van der Waals surface area contributed by atoms with Gasteiger partial charge in [-0.1, -0.05) is 12.1 Å². The van der Waals surface area contributed by atoms with E-state index in [4.69, 9.17) is 14.2 Å². The van der Waals surface area contributed by atoms with Crippen molar-refractivity contribution in [1.29, 1.82) is 0 Å². The van der Waals surface area contributed by atoms with Gasteiger partial charge in [0, 0.05) is 9.75 Å². The fourth-order valence-corrected chi connectivity index (χ4v) is 3.30. The molecule has 2 heterocycles. The highest BCUT2D eigenvalue weighted by Crippen LogP contribution is 2.17. The minimum absolute atomic E-state index is 0.0846. The molecule has 2 rings (SSSR count). The number of ether oxygens (including phenoxy) is 3. The molecule has 0 saturated carbocycles. The van der Waals surface area contributed by atoms with Crippen molar-refractivity contribution in [1.82, 2.24) is 9.80 Å². The lowest BCUT2D eigenvalue weighted by molar-refractivity contribution is -0.129. The Morgan fingerprint density at radius 3 is 2.12 bits per heavy atom. The van der Waals surface area contributed by atoms with Crippen molar-refractivity contribution in [3.63, 3.8) is 0 Å². The number of hydrogen-bond donors (Lipinski definition) is 0. The van der Waals surface area contributed by atoms with Gasteiger partial charge in [-0.2, -0.15) is 0 Å². The average molecular weight is 370 g/mol. The molecule has 0 fully saturated rings. The minimum atomic E-state index is -0.399. The zero-order chi connectivity index (χ0) is 17.2. The highest BCUT2D eigenvalue weighted by Gasteiger charge is 2.17.